The first-order valence-corrected chi connectivity index (χ1v) is 11.1. The van der Waals surface area contributed by atoms with Crippen molar-refractivity contribution in [2.75, 3.05) is 6.54 Å². The number of rotatable bonds is 6. The summed E-state index contributed by atoms with van der Waals surface area (Å²) < 4.78 is 46.2. The van der Waals surface area contributed by atoms with Crippen molar-refractivity contribution in [3.63, 3.8) is 0 Å². The van der Waals surface area contributed by atoms with Gasteiger partial charge >= 0.3 is 12.3 Å². The lowest BCUT2D eigenvalue weighted by Crippen LogP contribution is -2.46. The molecule has 0 unspecified atom stereocenters. The predicted molar refractivity (Wildman–Crippen MR) is 118 cm³/mol. The van der Waals surface area contributed by atoms with Crippen molar-refractivity contribution in [1.82, 2.24) is 10.6 Å². The van der Waals surface area contributed by atoms with Crippen molar-refractivity contribution >= 4 is 50.9 Å². The van der Waals surface area contributed by atoms with E-state index in [-0.39, 0.29) is 23.4 Å². The number of alkyl carbamates (subject to hydrolysis) is 1. The number of ether oxygens (including phenoxy) is 1. The molecule has 0 radical (unpaired) electrons. The van der Waals surface area contributed by atoms with Crippen LogP contribution >= 0.6 is 38.9 Å². The second kappa shape index (κ2) is 10.2. The summed E-state index contributed by atoms with van der Waals surface area (Å²) >= 11 is 10.2. The molecule has 0 saturated carbocycles. The third kappa shape index (κ3) is 8.01. The van der Waals surface area contributed by atoms with Gasteiger partial charge in [0.05, 0.1) is 16.5 Å². The second-order valence-corrected chi connectivity index (χ2v) is 10.2. The van der Waals surface area contributed by atoms with Gasteiger partial charge in [0.2, 0.25) is 0 Å². The van der Waals surface area contributed by atoms with E-state index >= 15 is 0 Å². The molecule has 31 heavy (non-hydrogen) atoms. The van der Waals surface area contributed by atoms with E-state index in [1.165, 1.54) is 24.3 Å². The number of hydrogen-bond donors (Lipinski definition) is 2. The molecule has 0 aliphatic heterocycles. The molecular formula is C20H21BrClF3N2O3S. The summed E-state index contributed by atoms with van der Waals surface area (Å²) in [5.41, 5.74) is -1.55. The minimum Gasteiger partial charge on any atom is -0.444 e. The Morgan fingerprint density at radius 2 is 1.87 bits per heavy atom. The average molecular weight is 542 g/mol. The molecule has 5 nitrogen and oxygen atoms in total. The normalized spacial score (nSPS) is 12.9. The lowest BCUT2D eigenvalue weighted by molar-refractivity contribution is -0.138. The van der Waals surface area contributed by atoms with E-state index in [4.69, 9.17) is 16.3 Å². The third-order valence-corrected chi connectivity index (χ3v) is 6.36. The maximum atomic E-state index is 13.4. The number of alkyl halides is 3. The Bertz CT molecular complexity index is 925. The summed E-state index contributed by atoms with van der Waals surface area (Å²) in [6.07, 6.45) is -5.44. The van der Waals surface area contributed by atoms with Gasteiger partial charge in [0, 0.05) is 11.0 Å². The fraction of sp³-hybridized carbons (Fsp3) is 0.400. The number of carbonyl (C=O) groups is 2. The highest BCUT2D eigenvalue weighted by atomic mass is 79.9. The molecule has 0 aliphatic rings. The molecule has 0 fully saturated rings. The van der Waals surface area contributed by atoms with E-state index in [1.807, 2.05) is 0 Å². The van der Waals surface area contributed by atoms with Crippen molar-refractivity contribution in [3.05, 3.63) is 55.1 Å². The van der Waals surface area contributed by atoms with Crippen molar-refractivity contribution in [3.8, 4) is 0 Å². The molecule has 2 rings (SSSR count). The van der Waals surface area contributed by atoms with Crippen molar-refractivity contribution in [1.29, 1.82) is 0 Å². The number of amides is 2. The minimum absolute atomic E-state index is 0.00307. The zero-order valence-corrected chi connectivity index (χ0v) is 20.1. The zero-order valence-electron chi connectivity index (χ0n) is 16.9. The average Bonchev–Trinajstić information content (AvgIpc) is 2.97. The van der Waals surface area contributed by atoms with Crippen LogP contribution in [-0.2, 0) is 17.3 Å². The third-order valence-electron chi connectivity index (χ3n) is 3.88. The van der Waals surface area contributed by atoms with Gasteiger partial charge in [0.25, 0.3) is 5.91 Å². The Labute approximate surface area is 195 Å². The first kappa shape index (κ1) is 25.5. The molecule has 0 aliphatic carbocycles. The van der Waals surface area contributed by atoms with Crippen LogP contribution < -0.4 is 10.6 Å². The number of carbonyl (C=O) groups excluding carboxylic acids is 2. The highest BCUT2D eigenvalue weighted by Crippen LogP contribution is 2.33. The van der Waals surface area contributed by atoms with E-state index in [0.717, 1.165) is 17.4 Å². The van der Waals surface area contributed by atoms with Gasteiger partial charge < -0.3 is 15.4 Å². The fourth-order valence-electron chi connectivity index (χ4n) is 2.65. The predicted octanol–water partition coefficient (Wildman–Crippen LogP) is 6.05. The molecule has 0 saturated heterocycles. The lowest BCUT2D eigenvalue weighted by Gasteiger charge is -2.23. The summed E-state index contributed by atoms with van der Waals surface area (Å²) in [6.45, 7) is 4.92. The summed E-state index contributed by atoms with van der Waals surface area (Å²) in [7, 11) is 0. The molecule has 170 valence electrons. The standard InChI is InChI=1S/C20H21BrClF3N2O3S/c1-19(2,3)30-18(29)26-10-12(27-17(28)15-9-14(21)16(22)31-15)8-11-6-4-5-7-13(11)20(23,24)25/h4-7,9,12H,8,10H2,1-3H3,(H,26,29)(H,27,28)/t12-/m0/s1. The minimum atomic E-state index is -4.55. The molecular weight excluding hydrogens is 521 g/mol. The maximum Gasteiger partial charge on any atom is 0.416 e. The first-order chi connectivity index (χ1) is 14.3. The van der Waals surface area contributed by atoms with Crippen LogP contribution in [0.25, 0.3) is 0 Å². The van der Waals surface area contributed by atoms with Gasteiger partial charge in [0.1, 0.15) is 9.94 Å². The molecule has 0 spiro atoms. The van der Waals surface area contributed by atoms with Gasteiger partial charge in [-0.2, -0.15) is 13.2 Å². The van der Waals surface area contributed by atoms with Gasteiger partial charge in [-0.05, 0) is 60.8 Å². The van der Waals surface area contributed by atoms with E-state index in [0.29, 0.717) is 8.81 Å². The van der Waals surface area contributed by atoms with Crippen molar-refractivity contribution in [2.45, 2.75) is 45.0 Å². The topological polar surface area (TPSA) is 67.4 Å². The van der Waals surface area contributed by atoms with Crippen molar-refractivity contribution in [2.24, 2.45) is 0 Å². The number of hydrogen-bond acceptors (Lipinski definition) is 4. The van der Waals surface area contributed by atoms with Gasteiger partial charge in [-0.3, -0.25) is 4.79 Å². The molecule has 2 N–H and O–H groups in total. The maximum absolute atomic E-state index is 13.4. The van der Waals surface area contributed by atoms with Crippen LogP contribution in [0.3, 0.4) is 0 Å². The van der Waals surface area contributed by atoms with Crippen LogP contribution in [0.2, 0.25) is 4.34 Å². The summed E-state index contributed by atoms with van der Waals surface area (Å²) in [6, 6.07) is 5.79. The quantitative estimate of drug-likeness (QED) is 0.468. The van der Waals surface area contributed by atoms with Gasteiger partial charge in [-0.1, -0.05) is 29.8 Å². The Morgan fingerprint density at radius 1 is 1.23 bits per heavy atom. The molecule has 2 amide bonds. The Balaban J connectivity index is 2.21. The Morgan fingerprint density at radius 3 is 2.42 bits per heavy atom. The second-order valence-electron chi connectivity index (χ2n) is 7.64. The first-order valence-electron chi connectivity index (χ1n) is 9.14. The monoisotopic (exact) mass is 540 g/mol. The molecule has 1 aromatic heterocycles. The van der Waals surface area contributed by atoms with Crippen LogP contribution in [0.15, 0.2) is 34.8 Å². The van der Waals surface area contributed by atoms with Crippen LogP contribution in [0.5, 0.6) is 0 Å². The lowest BCUT2D eigenvalue weighted by atomic mass is 9.99. The number of thiophene rings is 1. The largest absolute Gasteiger partial charge is 0.444 e. The SMILES string of the molecule is CC(C)(C)OC(=O)NC[C@H](Cc1ccccc1C(F)(F)F)NC(=O)c1cc(Br)c(Cl)s1. The Hall–Kier alpha value is -1.78. The van der Waals surface area contributed by atoms with Gasteiger partial charge in [-0.25, -0.2) is 4.79 Å². The molecule has 1 atom stereocenters. The summed E-state index contributed by atoms with van der Waals surface area (Å²) in [5.74, 6) is -0.516. The zero-order chi connectivity index (χ0) is 23.4. The number of halogens is 5. The molecule has 1 heterocycles. The van der Waals surface area contributed by atoms with E-state index in [2.05, 4.69) is 26.6 Å². The molecule has 0 bridgehead atoms. The van der Waals surface area contributed by atoms with E-state index in [1.54, 1.807) is 20.8 Å². The van der Waals surface area contributed by atoms with Gasteiger partial charge in [0.15, 0.2) is 0 Å². The summed E-state index contributed by atoms with van der Waals surface area (Å²) in [4.78, 5) is 24.9. The smallest absolute Gasteiger partial charge is 0.416 e. The molecule has 1 aromatic carbocycles. The van der Waals surface area contributed by atoms with E-state index < -0.39 is 35.4 Å². The highest BCUT2D eigenvalue weighted by Gasteiger charge is 2.33. The van der Waals surface area contributed by atoms with E-state index in [9.17, 15) is 22.8 Å². The number of nitrogens with one attached hydrogen (secondary N) is 2. The fourth-order valence-corrected chi connectivity index (χ4v) is 4.26. The van der Waals surface area contributed by atoms with Crippen LogP contribution in [0.4, 0.5) is 18.0 Å². The number of benzene rings is 1. The highest BCUT2D eigenvalue weighted by molar-refractivity contribution is 9.10. The van der Waals surface area contributed by atoms with Crippen LogP contribution in [0, 0.1) is 0 Å². The van der Waals surface area contributed by atoms with Gasteiger partial charge in [-0.15, -0.1) is 11.3 Å². The van der Waals surface area contributed by atoms with Crippen molar-refractivity contribution < 1.29 is 27.5 Å². The Kier molecular flexibility index (Phi) is 8.40. The molecule has 11 heteroatoms. The van der Waals surface area contributed by atoms with Crippen LogP contribution in [0.1, 0.15) is 41.6 Å². The van der Waals surface area contributed by atoms with Crippen LogP contribution in [-0.4, -0.2) is 30.2 Å². The molecule has 2 aromatic rings. The summed E-state index contributed by atoms with van der Waals surface area (Å²) in [5, 5.41) is 5.18.